The molecule has 1 aromatic heterocycles. The van der Waals surface area contributed by atoms with Gasteiger partial charge in [-0.25, -0.2) is 4.68 Å². The van der Waals surface area contributed by atoms with Gasteiger partial charge in [-0.05, 0) is 48.2 Å². The molecule has 1 aromatic carbocycles. The van der Waals surface area contributed by atoms with Crippen molar-refractivity contribution < 1.29 is 14.5 Å². The topological polar surface area (TPSA) is 113 Å². The van der Waals surface area contributed by atoms with Gasteiger partial charge in [0.25, 0.3) is 5.69 Å². The van der Waals surface area contributed by atoms with Crippen LogP contribution in [0.1, 0.15) is 67.2 Å². The van der Waals surface area contributed by atoms with Gasteiger partial charge in [-0.1, -0.05) is 19.3 Å². The number of aromatic nitrogens is 4. The van der Waals surface area contributed by atoms with Crippen molar-refractivity contribution in [2.24, 2.45) is 0 Å². The Morgan fingerprint density at radius 1 is 1.26 bits per heavy atom. The molecule has 144 valence electrons. The van der Waals surface area contributed by atoms with Gasteiger partial charge in [0.05, 0.1) is 23.1 Å². The average molecular weight is 373 g/mol. The molecule has 9 heteroatoms. The second-order valence-electron chi connectivity index (χ2n) is 6.73. The number of unbranched alkanes of at least 4 members (excludes halogenated alkanes) is 1. The number of hydrogen-bond donors (Lipinski definition) is 0. The SMILES string of the molecule is O=Cc1cc(OCCCCc2nnnn2C2CCCCC2)ccc1[N+](=O)[O-]. The van der Waals surface area contributed by atoms with Crippen molar-refractivity contribution in [2.75, 3.05) is 6.61 Å². The highest BCUT2D eigenvalue weighted by molar-refractivity contribution is 5.82. The van der Waals surface area contributed by atoms with Crippen molar-refractivity contribution in [1.82, 2.24) is 20.2 Å². The maximum atomic E-state index is 11.0. The van der Waals surface area contributed by atoms with E-state index in [1.807, 2.05) is 4.68 Å². The van der Waals surface area contributed by atoms with Crippen LogP contribution >= 0.6 is 0 Å². The number of carbonyl (C=O) groups excluding carboxylic acids is 1. The molecule has 3 rings (SSSR count). The van der Waals surface area contributed by atoms with E-state index in [1.54, 1.807) is 0 Å². The van der Waals surface area contributed by atoms with Crippen LogP contribution in [0.15, 0.2) is 18.2 Å². The number of aryl methyl sites for hydroxylation is 1. The lowest BCUT2D eigenvalue weighted by Gasteiger charge is -2.22. The first-order valence-corrected chi connectivity index (χ1v) is 9.32. The molecule has 0 N–H and O–H groups in total. The zero-order valence-corrected chi connectivity index (χ0v) is 15.1. The minimum absolute atomic E-state index is 0.0177. The Kier molecular flexibility index (Phi) is 6.45. The smallest absolute Gasteiger partial charge is 0.280 e. The average Bonchev–Trinajstić information content (AvgIpc) is 3.16. The second-order valence-corrected chi connectivity index (χ2v) is 6.73. The summed E-state index contributed by atoms with van der Waals surface area (Å²) < 4.78 is 7.59. The number of aldehydes is 1. The van der Waals surface area contributed by atoms with Gasteiger partial charge in [-0.15, -0.1) is 5.10 Å². The summed E-state index contributed by atoms with van der Waals surface area (Å²) in [7, 11) is 0. The number of ether oxygens (including phenoxy) is 1. The molecular weight excluding hydrogens is 350 g/mol. The maximum absolute atomic E-state index is 11.0. The highest BCUT2D eigenvalue weighted by Crippen LogP contribution is 2.28. The lowest BCUT2D eigenvalue weighted by Crippen LogP contribution is -2.17. The zero-order chi connectivity index (χ0) is 19.1. The van der Waals surface area contributed by atoms with E-state index in [-0.39, 0.29) is 11.3 Å². The Morgan fingerprint density at radius 3 is 2.81 bits per heavy atom. The summed E-state index contributed by atoms with van der Waals surface area (Å²) in [5.41, 5.74) is -0.198. The predicted octanol–water partition coefficient (Wildman–Crippen LogP) is 3.30. The van der Waals surface area contributed by atoms with Gasteiger partial charge in [0.1, 0.15) is 5.75 Å². The van der Waals surface area contributed by atoms with Crippen molar-refractivity contribution >= 4 is 12.0 Å². The largest absolute Gasteiger partial charge is 0.494 e. The summed E-state index contributed by atoms with van der Waals surface area (Å²) in [6, 6.07) is 4.61. The molecule has 1 saturated carbocycles. The number of benzene rings is 1. The molecule has 0 unspecified atom stereocenters. The Labute approximate surface area is 156 Å². The molecule has 1 aliphatic rings. The monoisotopic (exact) mass is 373 g/mol. The summed E-state index contributed by atoms with van der Waals surface area (Å²) in [6.45, 7) is 0.459. The predicted molar refractivity (Wildman–Crippen MR) is 96.9 cm³/mol. The lowest BCUT2D eigenvalue weighted by molar-refractivity contribution is -0.385. The Balaban J connectivity index is 1.45. The number of rotatable bonds is 9. The normalized spacial score (nSPS) is 14.8. The van der Waals surface area contributed by atoms with E-state index in [1.165, 1.54) is 37.5 Å². The van der Waals surface area contributed by atoms with Crippen LogP contribution in [0.25, 0.3) is 0 Å². The number of nitro benzene ring substituents is 1. The standard InChI is InChI=1S/C18H23N5O4/c24-13-14-12-16(9-10-17(14)23(25)26)27-11-5-4-8-18-19-20-21-22(18)15-6-2-1-3-7-15/h9-10,12-13,15H,1-8,11H2. The third-order valence-electron chi connectivity index (χ3n) is 4.87. The molecule has 9 nitrogen and oxygen atoms in total. The van der Waals surface area contributed by atoms with Crippen LogP contribution in [0.5, 0.6) is 5.75 Å². The number of tetrazole rings is 1. The third-order valence-corrected chi connectivity index (χ3v) is 4.87. The van der Waals surface area contributed by atoms with E-state index in [0.717, 1.165) is 37.9 Å². The van der Waals surface area contributed by atoms with Crippen molar-refractivity contribution in [1.29, 1.82) is 0 Å². The Bertz CT molecular complexity index is 786. The summed E-state index contributed by atoms with van der Waals surface area (Å²) in [5, 5.41) is 23.0. The summed E-state index contributed by atoms with van der Waals surface area (Å²) in [4.78, 5) is 21.2. The number of nitro groups is 1. The van der Waals surface area contributed by atoms with Gasteiger partial charge in [0.2, 0.25) is 0 Å². The Morgan fingerprint density at radius 2 is 2.07 bits per heavy atom. The molecule has 0 saturated heterocycles. The van der Waals surface area contributed by atoms with E-state index in [0.29, 0.717) is 24.7 Å². The lowest BCUT2D eigenvalue weighted by atomic mass is 9.95. The molecule has 0 radical (unpaired) electrons. The molecule has 27 heavy (non-hydrogen) atoms. The van der Waals surface area contributed by atoms with Crippen LogP contribution in [0.4, 0.5) is 5.69 Å². The summed E-state index contributed by atoms with van der Waals surface area (Å²) >= 11 is 0. The van der Waals surface area contributed by atoms with Crippen LogP contribution in [0.3, 0.4) is 0 Å². The van der Waals surface area contributed by atoms with Crippen LogP contribution in [-0.4, -0.2) is 38.0 Å². The molecule has 2 aromatic rings. The highest BCUT2D eigenvalue weighted by Gasteiger charge is 2.19. The fourth-order valence-corrected chi connectivity index (χ4v) is 3.44. The minimum atomic E-state index is -0.579. The van der Waals surface area contributed by atoms with Crippen molar-refractivity contribution in [3.63, 3.8) is 0 Å². The molecule has 1 fully saturated rings. The van der Waals surface area contributed by atoms with Gasteiger partial charge in [0.15, 0.2) is 12.1 Å². The molecule has 0 bridgehead atoms. The minimum Gasteiger partial charge on any atom is -0.494 e. The fourth-order valence-electron chi connectivity index (χ4n) is 3.44. The van der Waals surface area contributed by atoms with Gasteiger partial charge in [0, 0.05) is 12.5 Å². The highest BCUT2D eigenvalue weighted by atomic mass is 16.6. The maximum Gasteiger partial charge on any atom is 0.280 e. The first-order chi connectivity index (χ1) is 13.2. The van der Waals surface area contributed by atoms with Crippen molar-refractivity contribution in [3.8, 4) is 5.75 Å². The van der Waals surface area contributed by atoms with E-state index in [4.69, 9.17) is 4.74 Å². The van der Waals surface area contributed by atoms with Gasteiger partial charge in [-0.3, -0.25) is 14.9 Å². The molecule has 0 spiro atoms. The Hall–Kier alpha value is -2.84. The number of carbonyl (C=O) groups is 1. The molecule has 0 aliphatic heterocycles. The number of nitrogens with zero attached hydrogens (tertiary/aromatic N) is 5. The first-order valence-electron chi connectivity index (χ1n) is 9.32. The summed E-state index contributed by atoms with van der Waals surface area (Å²) in [5.74, 6) is 1.37. The van der Waals surface area contributed by atoms with Gasteiger partial charge in [-0.2, -0.15) is 0 Å². The fraction of sp³-hybridized carbons (Fsp3) is 0.556. The third kappa shape index (κ3) is 4.87. The van der Waals surface area contributed by atoms with Gasteiger partial charge >= 0.3 is 0 Å². The van der Waals surface area contributed by atoms with E-state index in [9.17, 15) is 14.9 Å². The van der Waals surface area contributed by atoms with Crippen LogP contribution in [-0.2, 0) is 6.42 Å². The second kappa shape index (κ2) is 9.20. The summed E-state index contributed by atoms with van der Waals surface area (Å²) in [6.07, 6.45) is 8.96. The van der Waals surface area contributed by atoms with Crippen molar-refractivity contribution in [2.45, 2.75) is 57.4 Å². The van der Waals surface area contributed by atoms with Crippen molar-refractivity contribution in [3.05, 3.63) is 39.7 Å². The van der Waals surface area contributed by atoms with Crippen LogP contribution < -0.4 is 4.74 Å². The molecule has 0 amide bonds. The van der Waals surface area contributed by atoms with Gasteiger partial charge < -0.3 is 4.74 Å². The quantitative estimate of drug-likeness (QED) is 0.287. The molecule has 0 atom stereocenters. The molecule has 1 heterocycles. The molecular formula is C18H23N5O4. The number of hydrogen-bond acceptors (Lipinski definition) is 7. The van der Waals surface area contributed by atoms with E-state index < -0.39 is 4.92 Å². The van der Waals surface area contributed by atoms with E-state index in [2.05, 4.69) is 15.5 Å². The van der Waals surface area contributed by atoms with E-state index >= 15 is 0 Å². The van der Waals surface area contributed by atoms with Crippen LogP contribution in [0, 0.1) is 10.1 Å². The first kappa shape index (κ1) is 18.9. The van der Waals surface area contributed by atoms with Crippen LogP contribution in [0.2, 0.25) is 0 Å². The molecule has 1 aliphatic carbocycles. The zero-order valence-electron chi connectivity index (χ0n) is 15.1.